The van der Waals surface area contributed by atoms with Crippen LogP contribution in [0.1, 0.15) is 24.0 Å². The third kappa shape index (κ3) is 3.99. The molecule has 1 aromatic heterocycles. The maximum absolute atomic E-state index is 12.1. The summed E-state index contributed by atoms with van der Waals surface area (Å²) in [4.78, 5) is -0.0494. The highest BCUT2D eigenvalue weighted by Gasteiger charge is 2.27. The fourth-order valence-electron chi connectivity index (χ4n) is 1.76. The number of hydrogen-bond acceptors (Lipinski definition) is 4. The Hall–Kier alpha value is -0.990. The average molecular weight is 296 g/mol. The summed E-state index contributed by atoms with van der Waals surface area (Å²) < 4.78 is 55.5. The summed E-state index contributed by atoms with van der Waals surface area (Å²) in [6.07, 6.45) is -2.74. The van der Waals surface area contributed by atoms with E-state index in [4.69, 9.17) is 4.42 Å². The van der Waals surface area contributed by atoms with Gasteiger partial charge in [0.2, 0.25) is 10.0 Å². The Labute approximate surface area is 111 Å². The lowest BCUT2D eigenvalue weighted by Gasteiger charge is -2.08. The van der Waals surface area contributed by atoms with Gasteiger partial charge in [-0.05, 0) is 20.4 Å². The van der Waals surface area contributed by atoms with Crippen LogP contribution in [0.5, 0.6) is 0 Å². The molecule has 0 spiro atoms. The lowest BCUT2D eigenvalue weighted by atomic mass is 10.2. The van der Waals surface area contributed by atoms with Gasteiger partial charge in [0.05, 0.1) is 6.54 Å². The molecule has 0 aliphatic heterocycles. The molecule has 0 bridgehead atoms. The van der Waals surface area contributed by atoms with Crippen LogP contribution in [0.4, 0.5) is 8.78 Å². The Bertz CT molecular complexity index is 526. The Morgan fingerprint density at radius 3 is 2.42 bits per heavy atom. The van der Waals surface area contributed by atoms with Crippen molar-refractivity contribution in [2.24, 2.45) is 0 Å². The zero-order valence-electron chi connectivity index (χ0n) is 11.1. The van der Waals surface area contributed by atoms with Gasteiger partial charge in [0.25, 0.3) is 6.43 Å². The highest BCUT2D eigenvalue weighted by molar-refractivity contribution is 7.89. The summed E-state index contributed by atoms with van der Waals surface area (Å²) in [5.74, 6) is 0.669. The molecule has 0 atom stereocenters. The first-order valence-corrected chi connectivity index (χ1v) is 7.35. The van der Waals surface area contributed by atoms with Crippen LogP contribution in [0.25, 0.3) is 0 Å². The van der Waals surface area contributed by atoms with Crippen molar-refractivity contribution in [3.05, 3.63) is 17.1 Å². The van der Waals surface area contributed by atoms with Gasteiger partial charge in [0.15, 0.2) is 0 Å². The zero-order valence-corrected chi connectivity index (χ0v) is 11.9. The summed E-state index contributed by atoms with van der Waals surface area (Å²) >= 11 is 0. The number of hydrogen-bond donors (Lipinski definition) is 2. The van der Waals surface area contributed by atoms with Crippen LogP contribution in [0, 0.1) is 13.8 Å². The van der Waals surface area contributed by atoms with Crippen molar-refractivity contribution in [2.75, 3.05) is 13.1 Å². The monoisotopic (exact) mass is 296 g/mol. The number of alkyl halides is 2. The van der Waals surface area contributed by atoms with Crippen molar-refractivity contribution < 1.29 is 21.6 Å². The van der Waals surface area contributed by atoms with E-state index in [1.807, 2.05) is 11.6 Å². The van der Waals surface area contributed by atoms with E-state index in [1.54, 1.807) is 6.92 Å². The van der Waals surface area contributed by atoms with E-state index in [0.717, 1.165) is 0 Å². The van der Waals surface area contributed by atoms with Crippen molar-refractivity contribution in [3.8, 4) is 0 Å². The molecule has 1 heterocycles. The second-order valence-electron chi connectivity index (χ2n) is 4.05. The van der Waals surface area contributed by atoms with Crippen molar-refractivity contribution in [3.63, 3.8) is 0 Å². The standard InChI is InChI=1S/C11H18F2N2O3S/c1-4-14-5-9-7(2)18-8(3)11(9)19(16,17)15-6-10(12)13/h10,14-15H,4-6H2,1-3H3. The summed E-state index contributed by atoms with van der Waals surface area (Å²) in [7, 11) is -3.99. The van der Waals surface area contributed by atoms with Crippen LogP contribution in [0.2, 0.25) is 0 Å². The number of sulfonamides is 1. The Balaban J connectivity index is 3.10. The quantitative estimate of drug-likeness (QED) is 0.801. The minimum atomic E-state index is -3.99. The largest absolute Gasteiger partial charge is 0.465 e. The van der Waals surface area contributed by atoms with Gasteiger partial charge in [-0.15, -0.1) is 0 Å². The molecule has 1 rings (SSSR count). The van der Waals surface area contributed by atoms with Gasteiger partial charge >= 0.3 is 0 Å². The first-order chi connectivity index (χ1) is 8.79. The van der Waals surface area contributed by atoms with Crippen LogP contribution in [-0.2, 0) is 16.6 Å². The van der Waals surface area contributed by atoms with Crippen LogP contribution >= 0.6 is 0 Å². The molecule has 0 saturated heterocycles. The van der Waals surface area contributed by atoms with Crippen molar-refractivity contribution >= 4 is 10.0 Å². The molecule has 2 N–H and O–H groups in total. The van der Waals surface area contributed by atoms with Crippen LogP contribution in [-0.4, -0.2) is 27.9 Å². The zero-order chi connectivity index (χ0) is 14.6. The number of aryl methyl sites for hydroxylation is 2. The van der Waals surface area contributed by atoms with Crippen molar-refractivity contribution in [1.82, 2.24) is 10.0 Å². The van der Waals surface area contributed by atoms with Crippen molar-refractivity contribution in [1.29, 1.82) is 0 Å². The highest BCUT2D eigenvalue weighted by Crippen LogP contribution is 2.26. The normalized spacial score (nSPS) is 12.3. The average Bonchev–Trinajstić information content (AvgIpc) is 2.59. The summed E-state index contributed by atoms with van der Waals surface area (Å²) in [5, 5.41) is 3.00. The molecule has 1 aromatic rings. The Morgan fingerprint density at radius 1 is 1.26 bits per heavy atom. The van der Waals surface area contributed by atoms with Crippen LogP contribution < -0.4 is 10.0 Å². The molecule has 0 aliphatic carbocycles. The van der Waals surface area contributed by atoms with E-state index >= 15 is 0 Å². The predicted octanol–water partition coefficient (Wildman–Crippen LogP) is 1.55. The van der Waals surface area contributed by atoms with Gasteiger partial charge in [-0.1, -0.05) is 6.92 Å². The Kier molecular flexibility index (Phi) is 5.45. The van der Waals surface area contributed by atoms with Crippen LogP contribution in [0.3, 0.4) is 0 Å². The van der Waals surface area contributed by atoms with Gasteiger partial charge in [0.1, 0.15) is 16.4 Å². The first kappa shape index (κ1) is 16.1. The van der Waals surface area contributed by atoms with E-state index < -0.39 is 23.0 Å². The van der Waals surface area contributed by atoms with Gasteiger partial charge in [0, 0.05) is 12.1 Å². The third-order valence-electron chi connectivity index (χ3n) is 2.57. The molecule has 0 aliphatic rings. The number of rotatable bonds is 7. The van der Waals surface area contributed by atoms with E-state index in [2.05, 4.69) is 5.32 Å². The molecule has 8 heteroatoms. The van der Waals surface area contributed by atoms with E-state index in [1.165, 1.54) is 6.92 Å². The van der Waals surface area contributed by atoms with E-state index in [-0.39, 0.29) is 10.7 Å². The van der Waals surface area contributed by atoms with Crippen LogP contribution in [0.15, 0.2) is 9.31 Å². The second-order valence-corrected chi connectivity index (χ2v) is 5.75. The topological polar surface area (TPSA) is 71.3 Å². The van der Waals surface area contributed by atoms with Gasteiger partial charge in [-0.3, -0.25) is 0 Å². The van der Waals surface area contributed by atoms with Gasteiger partial charge in [-0.2, -0.15) is 0 Å². The maximum atomic E-state index is 12.1. The lowest BCUT2D eigenvalue weighted by molar-refractivity contribution is 0.153. The molecule has 0 radical (unpaired) electrons. The second kappa shape index (κ2) is 6.44. The highest BCUT2D eigenvalue weighted by atomic mass is 32.2. The molecule has 0 amide bonds. The first-order valence-electron chi connectivity index (χ1n) is 5.87. The fraction of sp³-hybridized carbons (Fsp3) is 0.636. The molecule has 19 heavy (non-hydrogen) atoms. The molecule has 0 aromatic carbocycles. The van der Waals surface area contributed by atoms with E-state index in [0.29, 0.717) is 24.4 Å². The summed E-state index contributed by atoms with van der Waals surface area (Å²) in [6, 6.07) is 0. The summed E-state index contributed by atoms with van der Waals surface area (Å²) in [6.45, 7) is 5.08. The van der Waals surface area contributed by atoms with E-state index in [9.17, 15) is 17.2 Å². The fourth-order valence-corrected chi connectivity index (χ4v) is 3.21. The molecule has 0 fully saturated rings. The molecule has 0 saturated carbocycles. The maximum Gasteiger partial charge on any atom is 0.251 e. The molecule has 110 valence electrons. The van der Waals surface area contributed by atoms with Gasteiger partial charge < -0.3 is 9.73 Å². The minimum absolute atomic E-state index is 0.0494. The minimum Gasteiger partial charge on any atom is -0.465 e. The third-order valence-corrected chi connectivity index (χ3v) is 4.19. The number of halogens is 2. The predicted molar refractivity (Wildman–Crippen MR) is 66.8 cm³/mol. The van der Waals surface area contributed by atoms with Gasteiger partial charge in [-0.25, -0.2) is 21.9 Å². The number of nitrogens with one attached hydrogen (secondary N) is 2. The lowest BCUT2D eigenvalue weighted by Crippen LogP contribution is -2.30. The summed E-state index contributed by atoms with van der Waals surface area (Å²) in [5.41, 5.74) is 0.473. The molecule has 0 unspecified atom stereocenters. The smallest absolute Gasteiger partial charge is 0.251 e. The molecule has 5 nitrogen and oxygen atoms in total. The molecular formula is C11H18F2N2O3S. The molecular weight excluding hydrogens is 278 g/mol. The Morgan fingerprint density at radius 2 is 1.89 bits per heavy atom. The number of furan rings is 1. The SMILES string of the molecule is CCNCc1c(C)oc(C)c1S(=O)(=O)NCC(F)F. The van der Waals surface area contributed by atoms with Crippen molar-refractivity contribution in [2.45, 2.75) is 38.6 Å².